The fraction of sp³-hybridized carbons (Fsp3) is 0.200. The highest BCUT2D eigenvalue weighted by Gasteiger charge is 2.07. The average Bonchev–Trinajstić information content (AvgIpc) is 2.34. The monoisotopic (exact) mass is 247 g/mol. The van der Waals surface area contributed by atoms with Gasteiger partial charge in [0.15, 0.2) is 0 Å². The van der Waals surface area contributed by atoms with Crippen LogP contribution in [0.4, 0.5) is 14.5 Å². The van der Waals surface area contributed by atoms with Crippen LogP contribution in [0.1, 0.15) is 24.1 Å². The number of benzene rings is 2. The molecule has 2 aromatic carbocycles. The smallest absolute Gasteiger partial charge is 0.126 e. The van der Waals surface area contributed by atoms with Crippen LogP contribution in [0.5, 0.6) is 0 Å². The van der Waals surface area contributed by atoms with Crippen LogP contribution < -0.4 is 5.32 Å². The zero-order chi connectivity index (χ0) is 13.1. The first kappa shape index (κ1) is 12.6. The van der Waals surface area contributed by atoms with E-state index >= 15 is 0 Å². The van der Waals surface area contributed by atoms with Crippen molar-refractivity contribution in [1.29, 1.82) is 0 Å². The van der Waals surface area contributed by atoms with Crippen LogP contribution in [-0.4, -0.2) is 0 Å². The molecule has 0 bridgehead atoms. The van der Waals surface area contributed by atoms with Crippen LogP contribution in [0.2, 0.25) is 0 Å². The topological polar surface area (TPSA) is 12.0 Å². The van der Waals surface area contributed by atoms with Gasteiger partial charge in [-0.3, -0.25) is 0 Å². The summed E-state index contributed by atoms with van der Waals surface area (Å²) < 4.78 is 26.2. The number of hydrogen-bond acceptors (Lipinski definition) is 1. The Hall–Kier alpha value is -1.90. The van der Waals surface area contributed by atoms with Crippen molar-refractivity contribution in [2.75, 3.05) is 5.32 Å². The van der Waals surface area contributed by atoms with E-state index < -0.39 is 0 Å². The van der Waals surface area contributed by atoms with E-state index in [2.05, 4.69) is 5.32 Å². The van der Waals surface area contributed by atoms with E-state index in [0.29, 0.717) is 5.56 Å². The van der Waals surface area contributed by atoms with E-state index in [1.54, 1.807) is 25.1 Å². The van der Waals surface area contributed by atoms with Gasteiger partial charge in [-0.25, -0.2) is 8.78 Å². The second-order valence-electron chi connectivity index (χ2n) is 4.38. The van der Waals surface area contributed by atoms with Crippen LogP contribution in [0.25, 0.3) is 0 Å². The molecule has 1 N–H and O–H groups in total. The predicted octanol–water partition coefficient (Wildman–Crippen LogP) is 4.45. The van der Waals surface area contributed by atoms with Gasteiger partial charge in [-0.2, -0.15) is 0 Å². The first-order chi connectivity index (χ1) is 8.56. The molecule has 18 heavy (non-hydrogen) atoms. The molecule has 0 fully saturated rings. The van der Waals surface area contributed by atoms with Gasteiger partial charge in [0.1, 0.15) is 11.6 Å². The Bertz CT molecular complexity index is 552. The number of rotatable bonds is 3. The molecule has 0 aromatic heterocycles. The summed E-state index contributed by atoms with van der Waals surface area (Å²) in [5, 5.41) is 3.22. The normalized spacial score (nSPS) is 12.2. The third-order valence-electron chi connectivity index (χ3n) is 2.89. The van der Waals surface area contributed by atoms with Crippen molar-refractivity contribution in [2.45, 2.75) is 19.9 Å². The van der Waals surface area contributed by atoms with Gasteiger partial charge in [-0.1, -0.05) is 12.1 Å². The van der Waals surface area contributed by atoms with Crippen LogP contribution in [0, 0.1) is 18.6 Å². The maximum absolute atomic E-state index is 13.1. The third kappa shape index (κ3) is 2.86. The summed E-state index contributed by atoms with van der Waals surface area (Å²) >= 11 is 0. The van der Waals surface area contributed by atoms with Crippen molar-refractivity contribution >= 4 is 5.69 Å². The molecule has 2 rings (SSSR count). The molecular formula is C15H15F2N. The number of hydrogen-bond donors (Lipinski definition) is 1. The Morgan fingerprint density at radius 3 is 2.50 bits per heavy atom. The molecule has 0 aliphatic rings. The molecule has 3 heteroatoms. The van der Waals surface area contributed by atoms with E-state index in [1.165, 1.54) is 18.2 Å². The Morgan fingerprint density at radius 1 is 1.06 bits per heavy atom. The maximum Gasteiger partial charge on any atom is 0.126 e. The van der Waals surface area contributed by atoms with Crippen molar-refractivity contribution in [3.05, 3.63) is 65.2 Å². The molecule has 94 valence electrons. The predicted molar refractivity (Wildman–Crippen MR) is 69.6 cm³/mol. The summed E-state index contributed by atoms with van der Waals surface area (Å²) in [5.41, 5.74) is 2.27. The Balaban J connectivity index is 2.16. The van der Waals surface area contributed by atoms with E-state index in [1.807, 2.05) is 13.0 Å². The molecule has 0 heterocycles. The molecule has 1 nitrogen and oxygen atoms in total. The summed E-state index contributed by atoms with van der Waals surface area (Å²) in [6.07, 6.45) is 0. The largest absolute Gasteiger partial charge is 0.379 e. The van der Waals surface area contributed by atoms with Crippen molar-refractivity contribution < 1.29 is 8.78 Å². The highest BCUT2D eigenvalue weighted by atomic mass is 19.1. The van der Waals surface area contributed by atoms with Crippen LogP contribution in [0.15, 0.2) is 42.5 Å². The van der Waals surface area contributed by atoms with Gasteiger partial charge in [0.2, 0.25) is 0 Å². The lowest BCUT2D eigenvalue weighted by Gasteiger charge is -2.16. The quantitative estimate of drug-likeness (QED) is 0.845. The first-order valence-electron chi connectivity index (χ1n) is 5.84. The summed E-state index contributed by atoms with van der Waals surface area (Å²) in [4.78, 5) is 0. The minimum Gasteiger partial charge on any atom is -0.379 e. The maximum atomic E-state index is 13.1. The summed E-state index contributed by atoms with van der Waals surface area (Å²) in [6, 6.07) is 11.3. The zero-order valence-corrected chi connectivity index (χ0v) is 10.4. The van der Waals surface area contributed by atoms with Crippen LogP contribution in [-0.2, 0) is 0 Å². The second kappa shape index (κ2) is 5.17. The SMILES string of the molecule is Cc1cc(NC(C)c2cccc(F)c2)ccc1F. The highest BCUT2D eigenvalue weighted by Crippen LogP contribution is 2.21. The summed E-state index contributed by atoms with van der Waals surface area (Å²) in [6.45, 7) is 3.65. The molecular weight excluding hydrogens is 232 g/mol. The minimum atomic E-state index is -0.253. The van der Waals surface area contributed by atoms with E-state index in [9.17, 15) is 8.78 Å². The Morgan fingerprint density at radius 2 is 1.83 bits per heavy atom. The average molecular weight is 247 g/mol. The lowest BCUT2D eigenvalue weighted by atomic mass is 10.1. The molecule has 0 radical (unpaired) electrons. The number of anilines is 1. The van der Waals surface area contributed by atoms with Gasteiger partial charge in [-0.15, -0.1) is 0 Å². The highest BCUT2D eigenvalue weighted by molar-refractivity contribution is 5.47. The van der Waals surface area contributed by atoms with Gasteiger partial charge < -0.3 is 5.32 Å². The van der Waals surface area contributed by atoms with Crippen LogP contribution >= 0.6 is 0 Å². The van der Waals surface area contributed by atoms with E-state index in [4.69, 9.17) is 0 Å². The molecule has 0 saturated heterocycles. The fourth-order valence-corrected chi connectivity index (χ4v) is 1.84. The van der Waals surface area contributed by atoms with Gasteiger partial charge in [0.05, 0.1) is 0 Å². The molecule has 0 spiro atoms. The van der Waals surface area contributed by atoms with E-state index in [0.717, 1.165) is 11.3 Å². The van der Waals surface area contributed by atoms with Gasteiger partial charge in [-0.05, 0) is 55.3 Å². The number of nitrogens with one attached hydrogen (secondary N) is 1. The molecule has 1 atom stereocenters. The van der Waals surface area contributed by atoms with Crippen molar-refractivity contribution in [1.82, 2.24) is 0 Å². The van der Waals surface area contributed by atoms with Gasteiger partial charge in [0.25, 0.3) is 0 Å². The second-order valence-corrected chi connectivity index (χ2v) is 4.38. The minimum absolute atomic E-state index is 0.0365. The Kier molecular flexibility index (Phi) is 3.60. The molecule has 0 amide bonds. The van der Waals surface area contributed by atoms with Crippen LogP contribution in [0.3, 0.4) is 0 Å². The summed E-state index contributed by atoms with van der Waals surface area (Å²) in [7, 11) is 0. The van der Waals surface area contributed by atoms with Crippen molar-refractivity contribution in [3.63, 3.8) is 0 Å². The molecule has 0 aliphatic heterocycles. The number of halogens is 2. The summed E-state index contributed by atoms with van der Waals surface area (Å²) in [5.74, 6) is -0.476. The van der Waals surface area contributed by atoms with Gasteiger partial charge >= 0.3 is 0 Å². The van der Waals surface area contributed by atoms with Gasteiger partial charge in [0, 0.05) is 11.7 Å². The van der Waals surface area contributed by atoms with E-state index in [-0.39, 0.29) is 17.7 Å². The first-order valence-corrected chi connectivity index (χ1v) is 5.84. The molecule has 0 saturated carbocycles. The zero-order valence-electron chi connectivity index (χ0n) is 10.4. The molecule has 0 aliphatic carbocycles. The van der Waals surface area contributed by atoms with Crippen molar-refractivity contribution in [3.8, 4) is 0 Å². The van der Waals surface area contributed by atoms with Crippen molar-refractivity contribution in [2.24, 2.45) is 0 Å². The lowest BCUT2D eigenvalue weighted by Crippen LogP contribution is -2.07. The number of aryl methyl sites for hydroxylation is 1. The molecule has 2 aromatic rings. The fourth-order valence-electron chi connectivity index (χ4n) is 1.84. The Labute approximate surface area is 105 Å². The molecule has 1 unspecified atom stereocenters. The standard InChI is InChI=1S/C15H15F2N/c1-10-8-14(6-7-15(10)17)18-11(2)12-4-3-5-13(16)9-12/h3-9,11,18H,1-2H3. The third-order valence-corrected chi connectivity index (χ3v) is 2.89. The lowest BCUT2D eigenvalue weighted by molar-refractivity contribution is 0.618.